The SMILES string of the molecule is O=C(NCc1nc(Cl)c(Cl)[nH]1)c1ccc2c(Cl)cnc(-c3ccccc3F)c2c1. The van der Waals surface area contributed by atoms with E-state index < -0.39 is 5.82 Å². The van der Waals surface area contributed by atoms with Crippen LogP contribution in [0.15, 0.2) is 48.7 Å². The van der Waals surface area contributed by atoms with Gasteiger partial charge in [-0.25, -0.2) is 9.37 Å². The Morgan fingerprint density at radius 3 is 2.62 bits per heavy atom. The molecule has 0 aliphatic carbocycles. The largest absolute Gasteiger partial charge is 0.345 e. The van der Waals surface area contributed by atoms with Crippen molar-refractivity contribution in [2.75, 3.05) is 0 Å². The number of nitrogens with one attached hydrogen (secondary N) is 2. The molecule has 0 aliphatic rings. The molecule has 4 aromatic rings. The minimum Gasteiger partial charge on any atom is -0.345 e. The number of rotatable bonds is 4. The summed E-state index contributed by atoms with van der Waals surface area (Å²) in [7, 11) is 0. The fraction of sp³-hybridized carbons (Fsp3) is 0.0500. The average molecular weight is 450 g/mol. The Morgan fingerprint density at radius 2 is 1.90 bits per heavy atom. The Morgan fingerprint density at radius 1 is 1.10 bits per heavy atom. The molecular formula is C20H12Cl3FN4O. The fourth-order valence-electron chi connectivity index (χ4n) is 2.94. The molecule has 5 nitrogen and oxygen atoms in total. The highest BCUT2D eigenvalue weighted by atomic mass is 35.5. The van der Waals surface area contributed by atoms with E-state index in [4.69, 9.17) is 34.8 Å². The van der Waals surface area contributed by atoms with Gasteiger partial charge in [0.2, 0.25) is 0 Å². The molecule has 29 heavy (non-hydrogen) atoms. The number of H-pyrrole nitrogens is 1. The number of halogens is 4. The molecule has 0 atom stereocenters. The van der Waals surface area contributed by atoms with Gasteiger partial charge in [0.05, 0.1) is 17.3 Å². The fourth-order valence-corrected chi connectivity index (χ4v) is 3.46. The number of aromatic nitrogens is 3. The maximum atomic E-state index is 14.3. The molecular weight excluding hydrogens is 438 g/mol. The number of fused-ring (bicyclic) bond motifs is 1. The van der Waals surface area contributed by atoms with E-state index in [0.29, 0.717) is 38.4 Å². The van der Waals surface area contributed by atoms with Crippen LogP contribution in [0.1, 0.15) is 16.2 Å². The van der Waals surface area contributed by atoms with E-state index >= 15 is 0 Å². The van der Waals surface area contributed by atoms with Crippen molar-refractivity contribution in [1.82, 2.24) is 20.3 Å². The lowest BCUT2D eigenvalue weighted by atomic mass is 10.0. The van der Waals surface area contributed by atoms with Crippen LogP contribution in [0, 0.1) is 5.82 Å². The standard InChI is InChI=1S/C20H12Cl3FN4O/c21-14-8-25-17(12-3-1-2-4-15(12)24)13-7-10(5-6-11(13)14)20(29)26-9-16-27-18(22)19(23)28-16/h1-8H,9H2,(H,26,29)(H,27,28). The Bertz CT molecular complexity index is 1220. The first-order chi connectivity index (χ1) is 13.9. The quantitative estimate of drug-likeness (QED) is 0.423. The van der Waals surface area contributed by atoms with Crippen molar-refractivity contribution in [1.29, 1.82) is 0 Å². The van der Waals surface area contributed by atoms with Crippen LogP contribution < -0.4 is 5.32 Å². The van der Waals surface area contributed by atoms with Gasteiger partial charge in [0, 0.05) is 28.1 Å². The van der Waals surface area contributed by atoms with Gasteiger partial charge < -0.3 is 10.3 Å². The number of imidazole rings is 1. The average Bonchev–Trinajstić information content (AvgIpc) is 3.04. The summed E-state index contributed by atoms with van der Waals surface area (Å²) in [5.41, 5.74) is 1.09. The van der Waals surface area contributed by atoms with Crippen molar-refractivity contribution in [2.24, 2.45) is 0 Å². The predicted octanol–water partition coefficient (Wildman–Crippen LogP) is 5.65. The highest BCUT2D eigenvalue weighted by Crippen LogP contribution is 2.33. The molecule has 0 bridgehead atoms. The second-order valence-electron chi connectivity index (χ2n) is 6.17. The van der Waals surface area contributed by atoms with Crippen molar-refractivity contribution < 1.29 is 9.18 Å². The number of benzene rings is 2. The highest BCUT2D eigenvalue weighted by molar-refractivity contribution is 6.40. The van der Waals surface area contributed by atoms with Crippen molar-refractivity contribution in [3.05, 3.63) is 81.2 Å². The van der Waals surface area contributed by atoms with Crippen LogP contribution in [-0.4, -0.2) is 20.9 Å². The molecule has 2 aromatic heterocycles. The summed E-state index contributed by atoms with van der Waals surface area (Å²) >= 11 is 17.9. The molecule has 0 saturated carbocycles. The summed E-state index contributed by atoms with van der Waals surface area (Å²) in [6.45, 7) is 0.108. The number of amides is 1. The minimum atomic E-state index is -0.412. The van der Waals surface area contributed by atoms with E-state index in [1.807, 2.05) is 0 Å². The molecule has 0 saturated heterocycles. The second kappa shape index (κ2) is 7.99. The lowest BCUT2D eigenvalue weighted by molar-refractivity contribution is 0.0950. The predicted molar refractivity (Wildman–Crippen MR) is 112 cm³/mol. The molecule has 0 aliphatic heterocycles. The van der Waals surface area contributed by atoms with Crippen LogP contribution in [0.25, 0.3) is 22.0 Å². The van der Waals surface area contributed by atoms with Crippen LogP contribution >= 0.6 is 34.8 Å². The van der Waals surface area contributed by atoms with Crippen LogP contribution in [0.3, 0.4) is 0 Å². The Kier molecular flexibility index (Phi) is 5.41. The third kappa shape index (κ3) is 3.92. The number of hydrogen-bond donors (Lipinski definition) is 2. The third-order valence-electron chi connectivity index (χ3n) is 4.31. The van der Waals surface area contributed by atoms with E-state index in [1.165, 1.54) is 12.3 Å². The lowest BCUT2D eigenvalue weighted by Gasteiger charge is -2.10. The number of aromatic amines is 1. The Balaban J connectivity index is 1.70. The zero-order chi connectivity index (χ0) is 20.5. The molecule has 2 N–H and O–H groups in total. The van der Waals surface area contributed by atoms with E-state index in [-0.39, 0.29) is 22.8 Å². The first-order valence-corrected chi connectivity index (χ1v) is 9.58. The summed E-state index contributed by atoms with van der Waals surface area (Å²) in [5, 5.41) is 4.72. The zero-order valence-corrected chi connectivity index (χ0v) is 16.9. The number of carbonyl (C=O) groups excluding carboxylic acids is 1. The maximum absolute atomic E-state index is 14.3. The van der Waals surface area contributed by atoms with Crippen molar-refractivity contribution >= 4 is 51.5 Å². The number of carbonyl (C=O) groups is 1. The topological polar surface area (TPSA) is 70.7 Å². The second-order valence-corrected chi connectivity index (χ2v) is 7.31. The van der Waals surface area contributed by atoms with Gasteiger partial charge in [-0.3, -0.25) is 9.78 Å². The van der Waals surface area contributed by atoms with Crippen LogP contribution in [0.5, 0.6) is 0 Å². The third-order valence-corrected chi connectivity index (χ3v) is 5.26. The monoisotopic (exact) mass is 448 g/mol. The molecule has 9 heteroatoms. The van der Waals surface area contributed by atoms with Gasteiger partial charge in [-0.15, -0.1) is 0 Å². The van der Waals surface area contributed by atoms with Gasteiger partial charge in [0.25, 0.3) is 5.91 Å². The molecule has 0 fully saturated rings. The number of pyridine rings is 1. The van der Waals surface area contributed by atoms with Crippen molar-refractivity contribution in [3.63, 3.8) is 0 Å². The van der Waals surface area contributed by atoms with Gasteiger partial charge >= 0.3 is 0 Å². The van der Waals surface area contributed by atoms with Crippen molar-refractivity contribution in [2.45, 2.75) is 6.54 Å². The van der Waals surface area contributed by atoms with E-state index in [0.717, 1.165) is 0 Å². The molecule has 2 heterocycles. The van der Waals surface area contributed by atoms with Gasteiger partial charge in [0.15, 0.2) is 5.15 Å². The summed E-state index contributed by atoms with van der Waals surface area (Å²) in [6.07, 6.45) is 1.47. The first kappa shape index (κ1) is 19.6. The highest BCUT2D eigenvalue weighted by Gasteiger charge is 2.15. The molecule has 2 aromatic carbocycles. The smallest absolute Gasteiger partial charge is 0.251 e. The maximum Gasteiger partial charge on any atom is 0.251 e. The van der Waals surface area contributed by atoms with E-state index in [2.05, 4.69) is 20.3 Å². The summed E-state index contributed by atoms with van der Waals surface area (Å²) in [6, 6.07) is 11.3. The normalized spacial score (nSPS) is 11.0. The minimum absolute atomic E-state index is 0.108. The molecule has 0 spiro atoms. The van der Waals surface area contributed by atoms with Crippen LogP contribution in [0.2, 0.25) is 15.3 Å². The van der Waals surface area contributed by atoms with Crippen molar-refractivity contribution in [3.8, 4) is 11.3 Å². The Hall–Kier alpha value is -2.67. The lowest BCUT2D eigenvalue weighted by Crippen LogP contribution is -2.23. The molecule has 4 rings (SSSR count). The van der Waals surface area contributed by atoms with Gasteiger partial charge in [-0.2, -0.15) is 0 Å². The van der Waals surface area contributed by atoms with Gasteiger partial charge in [-0.05, 0) is 24.3 Å². The molecule has 146 valence electrons. The first-order valence-electron chi connectivity index (χ1n) is 8.45. The molecule has 0 unspecified atom stereocenters. The molecule has 1 amide bonds. The van der Waals surface area contributed by atoms with Gasteiger partial charge in [-0.1, -0.05) is 53.0 Å². The molecule has 0 radical (unpaired) electrons. The summed E-state index contributed by atoms with van der Waals surface area (Å²) in [4.78, 5) is 23.7. The van der Waals surface area contributed by atoms with E-state index in [9.17, 15) is 9.18 Å². The summed E-state index contributed by atoms with van der Waals surface area (Å²) < 4.78 is 14.3. The summed E-state index contributed by atoms with van der Waals surface area (Å²) in [5.74, 6) is -0.342. The van der Waals surface area contributed by atoms with Crippen LogP contribution in [0.4, 0.5) is 4.39 Å². The van der Waals surface area contributed by atoms with Gasteiger partial charge in [0.1, 0.15) is 16.8 Å². The van der Waals surface area contributed by atoms with E-state index in [1.54, 1.807) is 36.4 Å². The van der Waals surface area contributed by atoms with Crippen LogP contribution in [-0.2, 0) is 6.54 Å². The number of nitrogens with zero attached hydrogens (tertiary/aromatic N) is 2. The number of hydrogen-bond acceptors (Lipinski definition) is 3. The Labute approximate surface area is 179 Å². The zero-order valence-electron chi connectivity index (χ0n) is 14.6.